The Labute approximate surface area is 115 Å². The summed E-state index contributed by atoms with van der Waals surface area (Å²) in [4.78, 5) is 0. The van der Waals surface area contributed by atoms with Crippen LogP contribution < -0.4 is 16.5 Å². The van der Waals surface area contributed by atoms with Gasteiger partial charge in [-0.3, -0.25) is 11.1 Å². The lowest BCUT2D eigenvalue weighted by Crippen LogP contribution is -2.68. The van der Waals surface area contributed by atoms with Crippen LogP contribution >= 0.6 is 0 Å². The third-order valence-electron chi connectivity index (χ3n) is 2.68. The molecule has 116 valence electrons. The number of hydrazine groups is 2. The number of methoxy groups -OCH3 is 1. The van der Waals surface area contributed by atoms with Crippen molar-refractivity contribution in [3.05, 3.63) is 0 Å². The van der Waals surface area contributed by atoms with E-state index in [0.717, 1.165) is 0 Å². The van der Waals surface area contributed by atoms with Crippen LogP contribution in [0.15, 0.2) is 0 Å². The summed E-state index contributed by atoms with van der Waals surface area (Å²) in [7, 11) is 6.64. The molecular formula is C11H29N5O3. The van der Waals surface area contributed by atoms with E-state index in [1.165, 1.54) is 12.2 Å². The van der Waals surface area contributed by atoms with Crippen molar-refractivity contribution in [1.29, 1.82) is 0 Å². The summed E-state index contributed by atoms with van der Waals surface area (Å²) < 4.78 is 10.7. The van der Waals surface area contributed by atoms with Gasteiger partial charge in [-0.1, -0.05) is 6.92 Å². The number of nitrogens with zero attached hydrogens (tertiary/aromatic N) is 2. The van der Waals surface area contributed by atoms with Crippen molar-refractivity contribution in [3.63, 3.8) is 0 Å². The molecule has 0 aromatic heterocycles. The molecule has 0 bridgehead atoms. The van der Waals surface area contributed by atoms with Gasteiger partial charge < -0.3 is 14.6 Å². The van der Waals surface area contributed by atoms with E-state index < -0.39 is 11.8 Å². The van der Waals surface area contributed by atoms with Crippen molar-refractivity contribution < 1.29 is 14.6 Å². The van der Waals surface area contributed by atoms with E-state index in [1.807, 2.05) is 13.8 Å². The van der Waals surface area contributed by atoms with Gasteiger partial charge in [-0.25, -0.2) is 10.4 Å². The summed E-state index contributed by atoms with van der Waals surface area (Å²) in [6.07, 6.45) is 0.00597. The van der Waals surface area contributed by atoms with Gasteiger partial charge in [0.2, 0.25) is 0 Å². The van der Waals surface area contributed by atoms with Crippen LogP contribution in [0.1, 0.15) is 20.3 Å². The molecule has 0 saturated heterocycles. The van der Waals surface area contributed by atoms with E-state index in [0.29, 0.717) is 13.2 Å². The number of ether oxygens (including phenoxy) is 2. The molecule has 5 N–H and O–H groups in total. The Morgan fingerprint density at radius 3 is 2.21 bits per heavy atom. The smallest absolute Gasteiger partial charge is 0.259 e. The van der Waals surface area contributed by atoms with Crippen LogP contribution in [0.3, 0.4) is 0 Å². The zero-order valence-electron chi connectivity index (χ0n) is 12.9. The average Bonchev–Trinajstić information content (AvgIpc) is 2.35. The summed E-state index contributed by atoms with van der Waals surface area (Å²) in [5.41, 5.74) is 9.07. The predicted octanol–water partition coefficient (Wildman–Crippen LogP) is -1.16. The van der Waals surface area contributed by atoms with Crippen LogP contribution in [0.5, 0.6) is 0 Å². The number of rotatable bonds is 10. The lowest BCUT2D eigenvalue weighted by atomic mass is 10.2. The Bertz CT molecular complexity index is 256. The Kier molecular flexibility index (Phi) is 7.94. The molecule has 0 aromatic carbocycles. The first kappa shape index (κ1) is 18.7. The normalized spacial score (nSPS) is 18.6. The minimum Gasteiger partial charge on any atom is -0.351 e. The topological polar surface area (TPSA) is 95.2 Å². The number of hydrogen-bond acceptors (Lipinski definition) is 8. The zero-order valence-corrected chi connectivity index (χ0v) is 12.9. The highest BCUT2D eigenvalue weighted by Crippen LogP contribution is 2.22. The molecule has 8 nitrogen and oxygen atoms in total. The molecule has 0 aliphatic rings. The predicted molar refractivity (Wildman–Crippen MR) is 73.4 cm³/mol. The number of nitrogens with one attached hydrogen (secondary N) is 2. The maximum Gasteiger partial charge on any atom is 0.259 e. The van der Waals surface area contributed by atoms with Crippen LogP contribution in [0.4, 0.5) is 0 Å². The van der Waals surface area contributed by atoms with Crippen molar-refractivity contribution in [2.24, 2.45) is 5.73 Å². The molecule has 2 atom stereocenters. The number of hydrogen-bond donors (Lipinski definition) is 4. The lowest BCUT2D eigenvalue weighted by molar-refractivity contribution is -0.365. The first-order chi connectivity index (χ1) is 8.78. The summed E-state index contributed by atoms with van der Waals surface area (Å²) in [5.74, 6) is -2.84. The van der Waals surface area contributed by atoms with Crippen LogP contribution in [-0.4, -0.2) is 68.4 Å². The first-order valence-corrected chi connectivity index (χ1v) is 6.38. The largest absolute Gasteiger partial charge is 0.351 e. The second kappa shape index (κ2) is 8.08. The van der Waals surface area contributed by atoms with Crippen molar-refractivity contribution in [3.8, 4) is 0 Å². The van der Waals surface area contributed by atoms with Crippen molar-refractivity contribution in [2.75, 3.05) is 41.4 Å². The maximum absolute atomic E-state index is 10.7. The lowest BCUT2D eigenvalue weighted by Gasteiger charge is -2.44. The molecule has 0 aliphatic heterocycles. The van der Waals surface area contributed by atoms with E-state index in [-0.39, 0.29) is 6.42 Å². The Morgan fingerprint density at radius 1 is 1.32 bits per heavy atom. The summed E-state index contributed by atoms with van der Waals surface area (Å²) in [6.45, 7) is 4.79. The minimum atomic E-state index is -1.65. The Morgan fingerprint density at radius 2 is 1.89 bits per heavy atom. The highest BCUT2D eigenvalue weighted by molar-refractivity contribution is 4.78. The van der Waals surface area contributed by atoms with E-state index in [1.54, 1.807) is 26.2 Å². The second-order valence-electron chi connectivity index (χ2n) is 4.37. The zero-order chi connectivity index (χ0) is 15.1. The molecule has 0 heterocycles. The molecule has 2 unspecified atom stereocenters. The molecule has 0 fully saturated rings. The maximum atomic E-state index is 10.7. The summed E-state index contributed by atoms with van der Waals surface area (Å²) in [6, 6.07) is 0. The molecule has 19 heavy (non-hydrogen) atoms. The summed E-state index contributed by atoms with van der Waals surface area (Å²) >= 11 is 0. The molecule has 0 saturated carbocycles. The third-order valence-corrected chi connectivity index (χ3v) is 2.68. The van der Waals surface area contributed by atoms with Crippen molar-refractivity contribution in [2.45, 2.75) is 32.0 Å². The van der Waals surface area contributed by atoms with Crippen LogP contribution in [0.25, 0.3) is 0 Å². The molecule has 0 aromatic rings. The highest BCUT2D eigenvalue weighted by Gasteiger charge is 2.44. The molecule has 8 heteroatoms. The quantitative estimate of drug-likeness (QED) is 0.294. The van der Waals surface area contributed by atoms with Gasteiger partial charge in [-0.2, -0.15) is 0 Å². The molecule has 0 aliphatic carbocycles. The fraction of sp³-hybridized carbons (Fsp3) is 1.00. The third kappa shape index (κ3) is 5.28. The average molecular weight is 279 g/mol. The molecule has 0 radical (unpaired) electrons. The molecule has 0 amide bonds. The van der Waals surface area contributed by atoms with Crippen molar-refractivity contribution >= 4 is 0 Å². The second-order valence-corrected chi connectivity index (χ2v) is 4.37. The molecule has 0 rings (SSSR count). The fourth-order valence-corrected chi connectivity index (χ4v) is 1.77. The van der Waals surface area contributed by atoms with Gasteiger partial charge in [0, 0.05) is 34.4 Å². The van der Waals surface area contributed by atoms with Gasteiger partial charge in [-0.05, 0) is 14.0 Å². The van der Waals surface area contributed by atoms with Crippen LogP contribution in [0, 0.1) is 0 Å². The van der Waals surface area contributed by atoms with Crippen LogP contribution in [0.2, 0.25) is 0 Å². The minimum absolute atomic E-state index is 0.00597. The highest BCUT2D eigenvalue weighted by atomic mass is 16.7. The standard InChI is InChI=1S/C11H29N5O3/c1-7-14-16(15(4)5)11(17,18-6)9-10(12,13-3)19-8-2/h13-14,17H,7-9,12H2,1-6H3. The van der Waals surface area contributed by atoms with Gasteiger partial charge in [-0.15, -0.1) is 5.12 Å². The van der Waals surface area contributed by atoms with E-state index in [2.05, 4.69) is 10.7 Å². The Hall–Kier alpha value is -0.320. The van der Waals surface area contributed by atoms with E-state index in [4.69, 9.17) is 15.2 Å². The first-order valence-electron chi connectivity index (χ1n) is 6.38. The number of aliphatic hydroxyl groups is 1. The van der Waals surface area contributed by atoms with Gasteiger partial charge in [0.25, 0.3) is 5.91 Å². The van der Waals surface area contributed by atoms with E-state index >= 15 is 0 Å². The molecule has 0 spiro atoms. The van der Waals surface area contributed by atoms with Crippen LogP contribution in [-0.2, 0) is 9.47 Å². The Balaban J connectivity index is 5.10. The SMILES string of the molecule is CCNN(N(C)C)C(O)(CC(N)(NC)OCC)OC. The number of nitrogens with two attached hydrogens (primary N) is 1. The monoisotopic (exact) mass is 279 g/mol. The van der Waals surface area contributed by atoms with Crippen molar-refractivity contribution in [1.82, 2.24) is 20.9 Å². The fourth-order valence-electron chi connectivity index (χ4n) is 1.77. The van der Waals surface area contributed by atoms with Gasteiger partial charge >= 0.3 is 0 Å². The van der Waals surface area contributed by atoms with Gasteiger partial charge in [0.05, 0.1) is 6.42 Å². The summed E-state index contributed by atoms with van der Waals surface area (Å²) in [5, 5.41) is 16.7. The van der Waals surface area contributed by atoms with E-state index in [9.17, 15) is 5.11 Å². The van der Waals surface area contributed by atoms with Gasteiger partial charge in [0.1, 0.15) is 0 Å². The molecular weight excluding hydrogens is 250 g/mol. The van der Waals surface area contributed by atoms with Gasteiger partial charge in [0.15, 0.2) is 5.85 Å².